The predicted octanol–water partition coefficient (Wildman–Crippen LogP) is 0.818. The molecule has 2 saturated heterocycles. The Hall–Kier alpha value is -1.06. The van der Waals surface area contributed by atoms with Gasteiger partial charge in [-0.05, 0) is 19.4 Å². The topological polar surface area (TPSA) is 86.6 Å². The maximum atomic E-state index is 9.53. The van der Waals surface area contributed by atoms with Gasteiger partial charge < -0.3 is 33.9 Å². The number of aliphatic hydroxyl groups is 2. The minimum Gasteiger partial charge on any atom is -0.394 e. The Morgan fingerprint density at radius 2 is 1.96 bits per heavy atom. The minimum atomic E-state index is -0.965. The van der Waals surface area contributed by atoms with Crippen LogP contribution >= 0.6 is 0 Å². The van der Waals surface area contributed by atoms with Gasteiger partial charge in [0.15, 0.2) is 12.1 Å². The molecule has 0 spiro atoms. The van der Waals surface area contributed by atoms with Crippen LogP contribution in [0.5, 0.6) is 0 Å². The molecule has 0 bridgehead atoms. The SMILES string of the molecule is CC1(C)O[C@@H]2[C@@H](OCc3ccccc3)[C@@H](OC[C@H](O)CO)OC[C@H]2O1. The monoisotopic (exact) mass is 354 g/mol. The molecule has 0 aromatic heterocycles. The van der Waals surface area contributed by atoms with Crippen LogP contribution in [0.25, 0.3) is 0 Å². The molecule has 1 aromatic carbocycles. The fraction of sp³-hybridized carbons (Fsp3) is 0.667. The lowest BCUT2D eigenvalue weighted by Crippen LogP contribution is -2.54. The molecule has 140 valence electrons. The zero-order chi connectivity index (χ0) is 17.9. The first kappa shape index (κ1) is 18.7. The van der Waals surface area contributed by atoms with Gasteiger partial charge in [0.2, 0.25) is 0 Å². The van der Waals surface area contributed by atoms with Crippen LogP contribution in [-0.4, -0.2) is 66.5 Å². The first-order valence-electron chi connectivity index (χ1n) is 8.52. The first-order valence-corrected chi connectivity index (χ1v) is 8.52. The molecule has 0 amide bonds. The number of rotatable bonds is 7. The molecule has 2 aliphatic rings. The van der Waals surface area contributed by atoms with Crippen LogP contribution < -0.4 is 0 Å². The number of ether oxygens (including phenoxy) is 5. The maximum absolute atomic E-state index is 9.53. The molecule has 0 radical (unpaired) electrons. The summed E-state index contributed by atoms with van der Waals surface area (Å²) < 4.78 is 29.3. The second-order valence-electron chi connectivity index (χ2n) is 6.77. The van der Waals surface area contributed by atoms with Crippen LogP contribution in [0.1, 0.15) is 19.4 Å². The molecular formula is C18H26O7. The Labute approximate surface area is 147 Å². The first-order chi connectivity index (χ1) is 12.0. The Bertz CT molecular complexity index is 535. The van der Waals surface area contributed by atoms with E-state index in [0.29, 0.717) is 13.2 Å². The normalized spacial score (nSPS) is 32.3. The third-order valence-electron chi connectivity index (χ3n) is 4.19. The molecular weight excluding hydrogens is 328 g/mol. The van der Waals surface area contributed by atoms with Crippen molar-refractivity contribution in [3.63, 3.8) is 0 Å². The summed E-state index contributed by atoms with van der Waals surface area (Å²) in [5.74, 6) is -0.716. The second-order valence-corrected chi connectivity index (χ2v) is 6.77. The molecule has 2 aliphatic heterocycles. The lowest BCUT2D eigenvalue weighted by atomic mass is 10.1. The minimum absolute atomic E-state index is 0.0476. The molecule has 1 aromatic rings. The van der Waals surface area contributed by atoms with Gasteiger partial charge in [-0.1, -0.05) is 30.3 Å². The van der Waals surface area contributed by atoms with Crippen molar-refractivity contribution in [2.75, 3.05) is 19.8 Å². The molecule has 3 rings (SSSR count). The highest BCUT2D eigenvalue weighted by molar-refractivity contribution is 5.13. The van der Waals surface area contributed by atoms with Gasteiger partial charge in [-0.15, -0.1) is 0 Å². The summed E-state index contributed by atoms with van der Waals surface area (Å²) in [4.78, 5) is 0. The highest BCUT2D eigenvalue weighted by Gasteiger charge is 2.52. The number of fused-ring (bicyclic) bond motifs is 1. The molecule has 0 aliphatic carbocycles. The lowest BCUT2D eigenvalue weighted by Gasteiger charge is -2.37. The van der Waals surface area contributed by atoms with E-state index in [0.717, 1.165) is 5.56 Å². The van der Waals surface area contributed by atoms with E-state index >= 15 is 0 Å². The summed E-state index contributed by atoms with van der Waals surface area (Å²) in [6.45, 7) is 3.98. The van der Waals surface area contributed by atoms with Gasteiger partial charge >= 0.3 is 0 Å². The molecule has 25 heavy (non-hydrogen) atoms. The average molecular weight is 354 g/mol. The fourth-order valence-electron chi connectivity index (χ4n) is 3.05. The van der Waals surface area contributed by atoms with Gasteiger partial charge in [0.05, 0.1) is 26.4 Å². The zero-order valence-electron chi connectivity index (χ0n) is 14.5. The Morgan fingerprint density at radius 1 is 1.20 bits per heavy atom. The highest BCUT2D eigenvalue weighted by atomic mass is 16.8. The van der Waals surface area contributed by atoms with E-state index in [2.05, 4.69) is 0 Å². The smallest absolute Gasteiger partial charge is 0.186 e. The summed E-state index contributed by atoms with van der Waals surface area (Å²) in [6.07, 6.45) is -2.74. The van der Waals surface area contributed by atoms with Gasteiger partial charge in [-0.2, -0.15) is 0 Å². The second kappa shape index (κ2) is 8.09. The zero-order valence-corrected chi connectivity index (χ0v) is 14.5. The molecule has 7 nitrogen and oxygen atoms in total. The van der Waals surface area contributed by atoms with Gasteiger partial charge in [0.1, 0.15) is 24.4 Å². The van der Waals surface area contributed by atoms with Crippen LogP contribution in [0.4, 0.5) is 0 Å². The van der Waals surface area contributed by atoms with Crippen LogP contribution in [0, 0.1) is 0 Å². The van der Waals surface area contributed by atoms with E-state index in [1.807, 2.05) is 44.2 Å². The number of benzene rings is 1. The molecule has 2 fully saturated rings. The van der Waals surface area contributed by atoms with E-state index in [1.54, 1.807) is 0 Å². The standard InChI is InChI=1S/C18H26O7/c1-18(2)24-14-11-23-17(22-10-13(20)8-19)16(15(14)25-18)21-9-12-6-4-3-5-7-12/h3-7,13-17,19-20H,8-11H2,1-2H3/t13-,14-,15+,16-,17+/m1/s1. The van der Waals surface area contributed by atoms with Crippen LogP contribution in [-0.2, 0) is 30.3 Å². The average Bonchev–Trinajstić information content (AvgIpc) is 2.93. The Kier molecular flexibility index (Phi) is 6.06. The van der Waals surface area contributed by atoms with Crippen molar-refractivity contribution in [2.24, 2.45) is 0 Å². The number of aliphatic hydroxyl groups excluding tert-OH is 2. The van der Waals surface area contributed by atoms with Crippen LogP contribution in [0.3, 0.4) is 0 Å². The molecule has 2 N–H and O–H groups in total. The summed E-state index contributed by atoms with van der Waals surface area (Å²) in [7, 11) is 0. The quantitative estimate of drug-likeness (QED) is 0.750. The molecule has 2 heterocycles. The van der Waals surface area contributed by atoms with Crippen molar-refractivity contribution in [3.05, 3.63) is 35.9 Å². The van der Waals surface area contributed by atoms with E-state index in [4.69, 9.17) is 28.8 Å². The summed E-state index contributed by atoms with van der Waals surface area (Å²) in [5, 5.41) is 18.5. The molecule has 7 heteroatoms. The largest absolute Gasteiger partial charge is 0.394 e. The third-order valence-corrected chi connectivity index (χ3v) is 4.19. The van der Waals surface area contributed by atoms with Crippen molar-refractivity contribution in [1.82, 2.24) is 0 Å². The Balaban J connectivity index is 1.68. The fourth-order valence-corrected chi connectivity index (χ4v) is 3.05. The van der Waals surface area contributed by atoms with Gasteiger partial charge in [-0.3, -0.25) is 0 Å². The van der Waals surface area contributed by atoms with E-state index in [-0.39, 0.29) is 25.4 Å². The molecule has 0 unspecified atom stereocenters. The van der Waals surface area contributed by atoms with Gasteiger partial charge in [0, 0.05) is 0 Å². The van der Waals surface area contributed by atoms with Gasteiger partial charge in [0.25, 0.3) is 0 Å². The predicted molar refractivity (Wildman–Crippen MR) is 87.6 cm³/mol. The van der Waals surface area contributed by atoms with Crippen molar-refractivity contribution >= 4 is 0 Å². The maximum Gasteiger partial charge on any atom is 0.186 e. The van der Waals surface area contributed by atoms with Gasteiger partial charge in [-0.25, -0.2) is 0 Å². The summed E-state index contributed by atoms with van der Waals surface area (Å²) in [5.41, 5.74) is 1.02. The van der Waals surface area contributed by atoms with E-state index in [1.165, 1.54) is 0 Å². The summed E-state index contributed by atoms with van der Waals surface area (Å²) >= 11 is 0. The Morgan fingerprint density at radius 3 is 2.68 bits per heavy atom. The highest BCUT2D eigenvalue weighted by Crippen LogP contribution is 2.36. The molecule has 0 saturated carbocycles. The van der Waals surface area contributed by atoms with Crippen molar-refractivity contribution in [3.8, 4) is 0 Å². The van der Waals surface area contributed by atoms with Crippen LogP contribution in [0.15, 0.2) is 30.3 Å². The van der Waals surface area contributed by atoms with Crippen molar-refractivity contribution in [1.29, 1.82) is 0 Å². The molecule has 5 atom stereocenters. The number of hydrogen-bond acceptors (Lipinski definition) is 7. The van der Waals surface area contributed by atoms with Crippen molar-refractivity contribution in [2.45, 2.75) is 56.9 Å². The van der Waals surface area contributed by atoms with Crippen LogP contribution in [0.2, 0.25) is 0 Å². The summed E-state index contributed by atoms with van der Waals surface area (Å²) in [6, 6.07) is 9.79. The van der Waals surface area contributed by atoms with E-state index < -0.39 is 24.3 Å². The van der Waals surface area contributed by atoms with Crippen molar-refractivity contribution < 1.29 is 33.9 Å². The van der Waals surface area contributed by atoms with E-state index in [9.17, 15) is 5.11 Å². The number of hydrogen-bond donors (Lipinski definition) is 2. The third kappa shape index (κ3) is 4.77. The lowest BCUT2D eigenvalue weighted by molar-refractivity contribution is -0.271.